The first-order valence-corrected chi connectivity index (χ1v) is 10.5. The lowest BCUT2D eigenvalue weighted by Gasteiger charge is -2.38. The van der Waals surface area contributed by atoms with Gasteiger partial charge in [-0.05, 0) is 37.8 Å². The van der Waals surface area contributed by atoms with Crippen molar-refractivity contribution in [2.45, 2.75) is 39.5 Å². The van der Waals surface area contributed by atoms with Crippen LogP contribution in [0.15, 0.2) is 40.7 Å². The van der Waals surface area contributed by atoms with Gasteiger partial charge in [0.2, 0.25) is 0 Å². The summed E-state index contributed by atoms with van der Waals surface area (Å²) in [6.45, 7) is 5.48. The SMILES string of the molecule is CCCOC(=O)C1=C(C)NC2=C(C(=O)[C@H](C(=O)OC)[C@@H](C)C2)[C@@H]1c1c(F)cccc1Cl. The molecular weight excluding hydrogens is 425 g/mol. The van der Waals surface area contributed by atoms with Crippen LogP contribution in [0, 0.1) is 17.7 Å². The number of benzene rings is 1. The smallest absolute Gasteiger partial charge is 0.336 e. The summed E-state index contributed by atoms with van der Waals surface area (Å²) in [5.41, 5.74) is 1.26. The molecule has 3 rings (SSSR count). The molecule has 0 amide bonds. The van der Waals surface area contributed by atoms with Gasteiger partial charge in [-0.15, -0.1) is 0 Å². The van der Waals surface area contributed by atoms with Crippen LogP contribution in [0.3, 0.4) is 0 Å². The number of esters is 2. The van der Waals surface area contributed by atoms with Crippen molar-refractivity contribution in [3.05, 3.63) is 57.1 Å². The molecule has 0 fully saturated rings. The number of carbonyl (C=O) groups is 3. The average molecular weight is 450 g/mol. The molecule has 2 aliphatic rings. The number of Topliss-reactive ketones (excluding diaryl/α,β-unsaturated/α-hetero) is 1. The number of halogens is 2. The highest BCUT2D eigenvalue weighted by Crippen LogP contribution is 2.47. The molecule has 8 heteroatoms. The highest BCUT2D eigenvalue weighted by atomic mass is 35.5. The van der Waals surface area contributed by atoms with Gasteiger partial charge in [0.05, 0.1) is 25.2 Å². The fraction of sp³-hybridized carbons (Fsp3) is 0.435. The van der Waals surface area contributed by atoms with Gasteiger partial charge in [-0.25, -0.2) is 9.18 Å². The van der Waals surface area contributed by atoms with Gasteiger partial charge in [-0.1, -0.05) is 31.5 Å². The Morgan fingerprint density at radius 2 is 2.03 bits per heavy atom. The molecule has 0 saturated heterocycles. The molecule has 1 aliphatic carbocycles. The van der Waals surface area contributed by atoms with E-state index < -0.39 is 35.4 Å². The van der Waals surface area contributed by atoms with Crippen molar-refractivity contribution in [2.24, 2.45) is 11.8 Å². The fourth-order valence-corrected chi connectivity index (χ4v) is 4.57. The second kappa shape index (κ2) is 9.22. The van der Waals surface area contributed by atoms with Gasteiger partial charge in [0.15, 0.2) is 5.78 Å². The van der Waals surface area contributed by atoms with Gasteiger partial charge in [-0.2, -0.15) is 0 Å². The molecule has 0 spiro atoms. The van der Waals surface area contributed by atoms with Gasteiger partial charge in [-0.3, -0.25) is 9.59 Å². The van der Waals surface area contributed by atoms with E-state index in [1.165, 1.54) is 25.3 Å². The van der Waals surface area contributed by atoms with Crippen LogP contribution in [0.5, 0.6) is 0 Å². The molecule has 1 N–H and O–H groups in total. The van der Waals surface area contributed by atoms with Crippen LogP contribution in [-0.4, -0.2) is 31.4 Å². The van der Waals surface area contributed by atoms with E-state index in [1.54, 1.807) is 13.8 Å². The van der Waals surface area contributed by atoms with Crippen LogP contribution in [0.25, 0.3) is 0 Å². The van der Waals surface area contributed by atoms with E-state index in [2.05, 4.69) is 5.32 Å². The average Bonchev–Trinajstić information content (AvgIpc) is 2.71. The lowest BCUT2D eigenvalue weighted by molar-refractivity contribution is -0.151. The zero-order chi connectivity index (χ0) is 22.9. The number of nitrogens with one attached hydrogen (secondary N) is 1. The minimum atomic E-state index is -1.10. The van der Waals surface area contributed by atoms with E-state index in [9.17, 15) is 14.4 Å². The summed E-state index contributed by atoms with van der Waals surface area (Å²) in [5, 5.41) is 3.20. The van der Waals surface area contributed by atoms with Crippen LogP contribution in [0.1, 0.15) is 45.1 Å². The summed E-state index contributed by atoms with van der Waals surface area (Å²) in [6.07, 6.45) is 0.962. The van der Waals surface area contributed by atoms with Crippen LogP contribution in [0.2, 0.25) is 5.02 Å². The van der Waals surface area contributed by atoms with Crippen molar-refractivity contribution >= 4 is 29.3 Å². The first-order chi connectivity index (χ1) is 14.7. The molecule has 1 aliphatic heterocycles. The molecule has 1 aromatic carbocycles. The standard InChI is InChI=1S/C23H25ClFNO5/c1-5-9-31-23(29)17-12(3)26-15-10-11(2)16(22(28)30-4)21(27)19(15)20(17)18-13(24)7-6-8-14(18)25/h6-8,11,16,20,26H,5,9-10H2,1-4H3/t11-,16+,20-/m0/s1. The summed E-state index contributed by atoms with van der Waals surface area (Å²) < 4.78 is 25.2. The second-order valence-corrected chi connectivity index (χ2v) is 8.21. The Bertz CT molecular complexity index is 979. The third-order valence-corrected chi connectivity index (χ3v) is 6.02. The number of carbonyl (C=O) groups excluding carboxylic acids is 3. The highest BCUT2D eigenvalue weighted by Gasteiger charge is 2.48. The topological polar surface area (TPSA) is 81.7 Å². The van der Waals surface area contributed by atoms with Crippen LogP contribution in [0.4, 0.5) is 4.39 Å². The van der Waals surface area contributed by atoms with Crippen molar-refractivity contribution in [3.8, 4) is 0 Å². The van der Waals surface area contributed by atoms with E-state index in [0.29, 0.717) is 24.2 Å². The predicted molar refractivity (Wildman–Crippen MR) is 113 cm³/mol. The van der Waals surface area contributed by atoms with Crippen molar-refractivity contribution in [2.75, 3.05) is 13.7 Å². The Morgan fingerprint density at radius 3 is 2.65 bits per heavy atom. The van der Waals surface area contributed by atoms with E-state index in [1.807, 2.05) is 6.92 Å². The summed E-state index contributed by atoms with van der Waals surface area (Å²) in [6, 6.07) is 4.17. The maximum atomic E-state index is 15.0. The van der Waals surface area contributed by atoms with Crippen molar-refractivity contribution < 1.29 is 28.2 Å². The van der Waals surface area contributed by atoms with E-state index in [0.717, 1.165) is 0 Å². The largest absolute Gasteiger partial charge is 0.468 e. The fourth-order valence-electron chi connectivity index (χ4n) is 4.30. The maximum absolute atomic E-state index is 15.0. The monoisotopic (exact) mass is 449 g/mol. The first kappa shape index (κ1) is 23.0. The molecule has 3 atom stereocenters. The number of allylic oxidation sites excluding steroid dienone is 3. The van der Waals surface area contributed by atoms with Gasteiger partial charge in [0.25, 0.3) is 0 Å². The first-order valence-electron chi connectivity index (χ1n) is 10.2. The Labute approximate surface area is 185 Å². The molecule has 0 unspecified atom stereocenters. The summed E-state index contributed by atoms with van der Waals surface area (Å²) in [7, 11) is 1.22. The van der Waals surface area contributed by atoms with Gasteiger partial charge < -0.3 is 14.8 Å². The van der Waals surface area contributed by atoms with Crippen molar-refractivity contribution in [3.63, 3.8) is 0 Å². The predicted octanol–water partition coefficient (Wildman–Crippen LogP) is 4.05. The van der Waals surface area contributed by atoms with Gasteiger partial charge in [0, 0.05) is 27.6 Å². The molecule has 0 aromatic heterocycles. The van der Waals surface area contributed by atoms with Crippen LogP contribution < -0.4 is 5.32 Å². The molecule has 1 heterocycles. The Morgan fingerprint density at radius 1 is 1.32 bits per heavy atom. The Kier molecular flexibility index (Phi) is 6.84. The molecule has 0 bridgehead atoms. The third-order valence-electron chi connectivity index (χ3n) is 5.69. The number of dihydropyridines is 1. The molecule has 1 aromatic rings. The molecule has 6 nitrogen and oxygen atoms in total. The van der Waals surface area contributed by atoms with Crippen molar-refractivity contribution in [1.29, 1.82) is 0 Å². The quantitative estimate of drug-likeness (QED) is 0.539. The van der Waals surface area contributed by atoms with E-state index in [-0.39, 0.29) is 34.3 Å². The third kappa shape index (κ3) is 4.11. The number of methoxy groups -OCH3 is 1. The Hall–Kier alpha value is -2.67. The zero-order valence-corrected chi connectivity index (χ0v) is 18.6. The number of rotatable bonds is 5. The normalized spacial score (nSPS) is 23.3. The molecule has 166 valence electrons. The number of hydrogen-bond donors (Lipinski definition) is 1. The van der Waals surface area contributed by atoms with Crippen LogP contribution >= 0.6 is 11.6 Å². The summed E-state index contributed by atoms with van der Waals surface area (Å²) in [5.74, 6) is -4.96. The number of ether oxygens (including phenoxy) is 2. The van der Waals surface area contributed by atoms with E-state index in [4.69, 9.17) is 21.1 Å². The second-order valence-electron chi connectivity index (χ2n) is 7.81. The maximum Gasteiger partial charge on any atom is 0.336 e. The highest BCUT2D eigenvalue weighted by molar-refractivity contribution is 6.31. The number of ketones is 1. The van der Waals surface area contributed by atoms with E-state index >= 15 is 4.39 Å². The molecule has 0 radical (unpaired) electrons. The molecular formula is C23H25ClFNO5. The number of hydrogen-bond acceptors (Lipinski definition) is 6. The molecule has 0 saturated carbocycles. The summed E-state index contributed by atoms with van der Waals surface area (Å²) in [4.78, 5) is 38.9. The molecule has 31 heavy (non-hydrogen) atoms. The Balaban J connectivity index is 2.23. The van der Waals surface area contributed by atoms with Gasteiger partial charge >= 0.3 is 11.9 Å². The minimum Gasteiger partial charge on any atom is -0.468 e. The summed E-state index contributed by atoms with van der Waals surface area (Å²) >= 11 is 6.36. The van der Waals surface area contributed by atoms with Crippen LogP contribution in [-0.2, 0) is 23.9 Å². The lowest BCUT2D eigenvalue weighted by atomic mass is 9.69. The lowest BCUT2D eigenvalue weighted by Crippen LogP contribution is -2.43. The van der Waals surface area contributed by atoms with Crippen molar-refractivity contribution in [1.82, 2.24) is 5.32 Å². The zero-order valence-electron chi connectivity index (χ0n) is 17.9. The minimum absolute atomic E-state index is 0.00693. The van der Waals surface area contributed by atoms with Gasteiger partial charge in [0.1, 0.15) is 11.7 Å².